The fourth-order valence-electron chi connectivity index (χ4n) is 4.79. The third-order valence-corrected chi connectivity index (χ3v) is 8.60. The molecule has 4 aromatic rings. The Morgan fingerprint density at radius 1 is 1.12 bits per heavy atom. The number of carbonyl (C=O) groups is 1. The fraction of sp³-hybridized carbons (Fsp3) is 0.242. The first-order valence-corrected chi connectivity index (χ1v) is 15.2. The SMILES string of the molecule is CCOC(=O)C1=C(C)N=c2sc(=Cc3ccc(OCc4ccc(F)cc4)c(Br)c3)c(=O)n2C1c1ccc(C(C)C)cc1. The van der Waals surface area contributed by atoms with Crippen LogP contribution >= 0.6 is 27.3 Å². The third kappa shape index (κ3) is 6.17. The number of fused-ring (bicyclic) bond motifs is 1. The molecule has 2 heterocycles. The lowest BCUT2D eigenvalue weighted by atomic mass is 9.93. The molecule has 1 aliphatic heterocycles. The predicted molar refractivity (Wildman–Crippen MR) is 166 cm³/mol. The van der Waals surface area contributed by atoms with E-state index >= 15 is 0 Å². The summed E-state index contributed by atoms with van der Waals surface area (Å²) in [6.45, 7) is 8.28. The van der Waals surface area contributed by atoms with Crippen molar-refractivity contribution in [2.45, 2.75) is 46.3 Å². The van der Waals surface area contributed by atoms with Gasteiger partial charge in [0.15, 0.2) is 4.80 Å². The number of nitrogens with zero attached hydrogens (tertiary/aromatic N) is 2. The lowest BCUT2D eigenvalue weighted by molar-refractivity contribution is -0.139. The Kier molecular flexibility index (Phi) is 8.89. The number of hydrogen-bond acceptors (Lipinski definition) is 6. The van der Waals surface area contributed by atoms with Crippen LogP contribution in [0.5, 0.6) is 5.75 Å². The van der Waals surface area contributed by atoms with Crippen molar-refractivity contribution in [3.05, 3.63) is 130 Å². The molecule has 0 saturated heterocycles. The van der Waals surface area contributed by atoms with Crippen LogP contribution in [0.3, 0.4) is 0 Å². The summed E-state index contributed by atoms with van der Waals surface area (Å²) in [4.78, 5) is 32.2. The van der Waals surface area contributed by atoms with Gasteiger partial charge in [-0.25, -0.2) is 14.2 Å². The Hall–Kier alpha value is -3.82. The summed E-state index contributed by atoms with van der Waals surface area (Å²) in [7, 11) is 0. The van der Waals surface area contributed by atoms with Crippen molar-refractivity contribution in [2.75, 3.05) is 6.61 Å². The van der Waals surface area contributed by atoms with Crippen LogP contribution in [0.2, 0.25) is 0 Å². The average Bonchev–Trinajstić information content (AvgIpc) is 3.26. The Morgan fingerprint density at radius 3 is 2.48 bits per heavy atom. The fourth-order valence-corrected chi connectivity index (χ4v) is 6.34. The molecule has 0 spiro atoms. The minimum absolute atomic E-state index is 0.220. The molecular formula is C33H30BrFN2O4S. The van der Waals surface area contributed by atoms with Crippen molar-refractivity contribution in [2.24, 2.45) is 4.99 Å². The average molecular weight is 650 g/mol. The van der Waals surface area contributed by atoms with E-state index in [0.717, 1.165) is 21.2 Å². The van der Waals surface area contributed by atoms with E-state index in [0.29, 0.717) is 32.3 Å². The van der Waals surface area contributed by atoms with Gasteiger partial charge in [-0.1, -0.05) is 67.6 Å². The molecule has 42 heavy (non-hydrogen) atoms. The van der Waals surface area contributed by atoms with Crippen LogP contribution in [0, 0.1) is 5.82 Å². The molecule has 216 valence electrons. The molecule has 0 fully saturated rings. The Balaban J connectivity index is 1.52. The molecule has 3 aromatic carbocycles. The van der Waals surface area contributed by atoms with E-state index in [1.165, 1.54) is 29.0 Å². The number of thiazole rings is 1. The molecule has 1 aliphatic rings. The normalized spacial score (nSPS) is 15.0. The van der Waals surface area contributed by atoms with Crippen LogP contribution in [-0.4, -0.2) is 17.1 Å². The van der Waals surface area contributed by atoms with E-state index in [-0.39, 0.29) is 24.6 Å². The molecule has 0 radical (unpaired) electrons. The lowest BCUT2D eigenvalue weighted by Crippen LogP contribution is -2.39. The topological polar surface area (TPSA) is 69.9 Å². The minimum atomic E-state index is -0.655. The molecule has 1 unspecified atom stereocenters. The molecule has 1 atom stereocenters. The highest BCUT2D eigenvalue weighted by atomic mass is 79.9. The number of allylic oxidation sites excluding steroid dienone is 1. The Labute approximate surface area is 255 Å². The zero-order valence-electron chi connectivity index (χ0n) is 23.7. The van der Waals surface area contributed by atoms with Gasteiger partial charge in [0.2, 0.25) is 0 Å². The highest BCUT2D eigenvalue weighted by Gasteiger charge is 2.33. The monoisotopic (exact) mass is 648 g/mol. The predicted octanol–water partition coefficient (Wildman–Crippen LogP) is 6.40. The molecule has 6 nitrogen and oxygen atoms in total. The first kappa shape index (κ1) is 29.7. The smallest absolute Gasteiger partial charge is 0.338 e. The van der Waals surface area contributed by atoms with Gasteiger partial charge in [-0.3, -0.25) is 9.36 Å². The summed E-state index contributed by atoms with van der Waals surface area (Å²) in [5.74, 6) is 0.197. The van der Waals surface area contributed by atoms with Crippen LogP contribution in [0.1, 0.15) is 61.9 Å². The van der Waals surface area contributed by atoms with Gasteiger partial charge < -0.3 is 9.47 Å². The van der Waals surface area contributed by atoms with Gasteiger partial charge in [0, 0.05) is 0 Å². The maximum atomic E-state index is 13.9. The molecule has 5 rings (SSSR count). The summed E-state index contributed by atoms with van der Waals surface area (Å²) in [6.07, 6.45) is 1.81. The first-order chi connectivity index (χ1) is 20.2. The Bertz CT molecular complexity index is 1840. The molecular weight excluding hydrogens is 619 g/mol. The molecule has 0 aliphatic carbocycles. The van der Waals surface area contributed by atoms with Crippen LogP contribution in [0.25, 0.3) is 6.08 Å². The van der Waals surface area contributed by atoms with Crippen molar-refractivity contribution in [1.82, 2.24) is 4.57 Å². The molecule has 0 amide bonds. The van der Waals surface area contributed by atoms with Gasteiger partial charge in [0.1, 0.15) is 18.2 Å². The highest BCUT2D eigenvalue weighted by molar-refractivity contribution is 9.10. The summed E-state index contributed by atoms with van der Waals surface area (Å²) in [6, 6.07) is 19.1. The number of halogens is 2. The van der Waals surface area contributed by atoms with E-state index in [2.05, 4.69) is 34.8 Å². The molecule has 9 heteroatoms. The van der Waals surface area contributed by atoms with Crippen LogP contribution in [-0.2, 0) is 16.1 Å². The van der Waals surface area contributed by atoms with E-state index in [1.54, 1.807) is 36.6 Å². The molecule has 0 saturated carbocycles. The van der Waals surface area contributed by atoms with Crippen molar-refractivity contribution in [3.63, 3.8) is 0 Å². The van der Waals surface area contributed by atoms with Crippen molar-refractivity contribution >= 4 is 39.3 Å². The molecule has 0 bridgehead atoms. The van der Waals surface area contributed by atoms with Crippen molar-refractivity contribution < 1.29 is 18.7 Å². The van der Waals surface area contributed by atoms with E-state index in [4.69, 9.17) is 9.47 Å². The number of carbonyl (C=O) groups excluding carboxylic acids is 1. The minimum Gasteiger partial charge on any atom is -0.488 e. The van der Waals surface area contributed by atoms with E-state index < -0.39 is 12.0 Å². The first-order valence-electron chi connectivity index (χ1n) is 13.6. The standard InChI is InChI=1S/C33H30BrFN2O4S/c1-5-40-32(39)29-20(4)36-33-37(30(29)24-11-9-23(10-12-24)19(2)3)31(38)28(42-33)17-22-8-15-27(26(34)16-22)41-18-21-6-13-25(35)14-7-21/h6-17,19,30H,5,18H2,1-4H3. The van der Waals surface area contributed by atoms with E-state index in [1.807, 2.05) is 42.5 Å². The van der Waals surface area contributed by atoms with Crippen molar-refractivity contribution in [3.8, 4) is 5.75 Å². The van der Waals surface area contributed by atoms with Crippen LogP contribution in [0.15, 0.2) is 92.3 Å². The van der Waals surface area contributed by atoms with Crippen LogP contribution < -0.4 is 19.6 Å². The summed E-state index contributed by atoms with van der Waals surface area (Å²) in [5, 5.41) is 0. The zero-order chi connectivity index (χ0) is 30.0. The number of hydrogen-bond donors (Lipinski definition) is 0. The van der Waals surface area contributed by atoms with Gasteiger partial charge in [0.05, 0.1) is 32.9 Å². The van der Waals surface area contributed by atoms with Gasteiger partial charge in [-0.15, -0.1) is 0 Å². The second-order valence-electron chi connectivity index (χ2n) is 10.2. The van der Waals surface area contributed by atoms with Crippen LogP contribution in [0.4, 0.5) is 4.39 Å². The summed E-state index contributed by atoms with van der Waals surface area (Å²) < 4.78 is 27.3. The van der Waals surface area contributed by atoms with Gasteiger partial charge in [-0.2, -0.15) is 0 Å². The van der Waals surface area contributed by atoms with Gasteiger partial charge in [0.25, 0.3) is 5.56 Å². The Morgan fingerprint density at radius 2 is 1.83 bits per heavy atom. The van der Waals surface area contributed by atoms with Gasteiger partial charge in [-0.05, 0) is 88.3 Å². The highest BCUT2D eigenvalue weighted by Crippen LogP contribution is 2.32. The maximum Gasteiger partial charge on any atom is 0.338 e. The third-order valence-electron chi connectivity index (χ3n) is 7.00. The summed E-state index contributed by atoms with van der Waals surface area (Å²) >= 11 is 4.84. The number of benzene rings is 3. The largest absolute Gasteiger partial charge is 0.488 e. The number of aromatic nitrogens is 1. The number of esters is 1. The second-order valence-corrected chi connectivity index (χ2v) is 12.1. The van der Waals surface area contributed by atoms with E-state index in [9.17, 15) is 14.0 Å². The van der Waals surface area contributed by atoms with Crippen molar-refractivity contribution in [1.29, 1.82) is 0 Å². The second kappa shape index (κ2) is 12.6. The zero-order valence-corrected chi connectivity index (χ0v) is 26.1. The number of ether oxygens (including phenoxy) is 2. The quantitative estimate of drug-likeness (QED) is 0.207. The molecule has 0 N–H and O–H groups in total. The molecule has 1 aromatic heterocycles. The summed E-state index contributed by atoms with van der Waals surface area (Å²) in [5.41, 5.74) is 4.27. The lowest BCUT2D eigenvalue weighted by Gasteiger charge is -2.25. The van der Waals surface area contributed by atoms with Gasteiger partial charge >= 0.3 is 5.97 Å². The maximum absolute atomic E-state index is 13.9. The number of rotatable bonds is 8.